The Hall–Kier alpha value is -4.45. The molecule has 0 aromatic carbocycles. The van der Waals surface area contributed by atoms with Crippen molar-refractivity contribution >= 4 is 17.9 Å². The van der Waals surface area contributed by atoms with Gasteiger partial charge in [0, 0.05) is 12.8 Å². The molecule has 0 bridgehead atoms. The molecule has 1 unspecified atom stereocenters. The van der Waals surface area contributed by atoms with Crippen molar-refractivity contribution in [3.05, 3.63) is 134 Å². The molecule has 0 fully saturated rings. The van der Waals surface area contributed by atoms with Gasteiger partial charge in [0.2, 0.25) is 0 Å². The van der Waals surface area contributed by atoms with Crippen LogP contribution in [0.1, 0.15) is 290 Å². The maximum absolute atomic E-state index is 12.8. The van der Waals surface area contributed by atoms with E-state index in [0.717, 1.165) is 109 Å². The lowest BCUT2D eigenvalue weighted by molar-refractivity contribution is -0.166. The molecule has 0 aliphatic rings. The zero-order valence-electron chi connectivity index (χ0n) is 51.3. The fourth-order valence-electron chi connectivity index (χ4n) is 8.88. The first kappa shape index (κ1) is 74.5. The quantitative estimate of drug-likeness (QED) is 0.0261. The molecule has 0 aliphatic heterocycles. The van der Waals surface area contributed by atoms with Gasteiger partial charge >= 0.3 is 17.9 Å². The first-order chi connectivity index (χ1) is 39.0. The van der Waals surface area contributed by atoms with Gasteiger partial charge in [0.25, 0.3) is 0 Å². The number of rotatable bonds is 58. The summed E-state index contributed by atoms with van der Waals surface area (Å²) in [6.07, 6.45) is 93.6. The van der Waals surface area contributed by atoms with Crippen LogP contribution in [0.15, 0.2) is 134 Å². The SMILES string of the molecule is CC/C=C\C/C=C\C/C=C\C/C=C\C/C=C\C/C=C\CCCCCCCCCCCCCCCCC(=O)OCC(COC(=O)CCCCCCCCCCCCCCC)OC(=O)C/C=C\C/C=C\C/C=C\C/C=C\C/C=C\CC. The highest BCUT2D eigenvalue weighted by molar-refractivity contribution is 5.72. The number of unbranched alkanes of at least 4 members (excludes halogenated alkanes) is 26. The summed E-state index contributed by atoms with van der Waals surface area (Å²) in [4.78, 5) is 38.2. The maximum atomic E-state index is 12.8. The predicted molar refractivity (Wildman–Crippen MR) is 343 cm³/mol. The Morgan fingerprint density at radius 3 is 0.835 bits per heavy atom. The Morgan fingerprint density at radius 1 is 0.278 bits per heavy atom. The number of carbonyl (C=O) groups excluding carboxylic acids is 3. The molecule has 0 heterocycles. The lowest BCUT2D eigenvalue weighted by atomic mass is 10.0. The van der Waals surface area contributed by atoms with E-state index in [1.54, 1.807) is 6.08 Å². The summed E-state index contributed by atoms with van der Waals surface area (Å²) in [7, 11) is 0. The number of ether oxygens (including phenoxy) is 3. The molecular formula is C73H120O6. The van der Waals surface area contributed by atoms with Crippen molar-refractivity contribution in [2.24, 2.45) is 0 Å². The van der Waals surface area contributed by atoms with Crippen molar-refractivity contribution in [3.8, 4) is 0 Å². The van der Waals surface area contributed by atoms with Crippen LogP contribution in [0.5, 0.6) is 0 Å². The molecule has 79 heavy (non-hydrogen) atoms. The van der Waals surface area contributed by atoms with Gasteiger partial charge in [-0.1, -0.05) is 309 Å². The molecule has 0 N–H and O–H groups in total. The molecular weight excluding hydrogens is 973 g/mol. The molecule has 0 amide bonds. The summed E-state index contributed by atoms with van der Waals surface area (Å²) in [5.41, 5.74) is 0. The summed E-state index contributed by atoms with van der Waals surface area (Å²) in [6, 6.07) is 0. The van der Waals surface area contributed by atoms with Crippen LogP contribution >= 0.6 is 0 Å². The van der Waals surface area contributed by atoms with Gasteiger partial charge in [0.05, 0.1) is 6.42 Å². The number of allylic oxidation sites excluding steroid dienone is 21. The van der Waals surface area contributed by atoms with Crippen LogP contribution in [0.3, 0.4) is 0 Å². The minimum absolute atomic E-state index is 0.0954. The Kier molecular flexibility index (Phi) is 62.3. The first-order valence-electron chi connectivity index (χ1n) is 32.7. The van der Waals surface area contributed by atoms with Crippen LogP contribution in [-0.2, 0) is 28.6 Å². The van der Waals surface area contributed by atoms with Crippen LogP contribution in [0.25, 0.3) is 0 Å². The van der Waals surface area contributed by atoms with Crippen molar-refractivity contribution < 1.29 is 28.6 Å². The standard InChI is InChI=1S/C73H120O6/c1-4-7-10-13-16-19-22-25-27-28-29-30-31-32-33-34-35-36-37-38-39-40-41-42-43-44-46-48-51-54-57-60-63-66-72(75)78-69-70(68-77-71(74)65-62-59-56-53-50-47-24-21-18-15-12-9-6-3)79-73(76)67-64-61-58-55-52-49-45-26-23-20-17-14-11-8-5-2/h7-8,10-11,16-17,19-20,25-27,29-30,32-33,35-36,45,52,55,61,64,70H,4-6,9,12-15,18,21-24,28,31,34,37-44,46-51,53-54,56-60,62-63,65-69H2,1-3H3/b10-7-,11-8-,19-16-,20-17-,27-25-,30-29-,33-32-,36-35-,45-26-,55-52-,64-61-. The van der Waals surface area contributed by atoms with Crippen LogP contribution in [-0.4, -0.2) is 37.2 Å². The zero-order chi connectivity index (χ0) is 57.1. The van der Waals surface area contributed by atoms with Crippen molar-refractivity contribution in [3.63, 3.8) is 0 Å². The summed E-state index contributed by atoms with van der Waals surface area (Å²) < 4.78 is 16.8. The molecule has 0 aliphatic carbocycles. The summed E-state index contributed by atoms with van der Waals surface area (Å²) >= 11 is 0. The van der Waals surface area contributed by atoms with Crippen molar-refractivity contribution in [1.29, 1.82) is 0 Å². The number of esters is 3. The van der Waals surface area contributed by atoms with Gasteiger partial charge in [0.15, 0.2) is 6.10 Å². The fourth-order valence-corrected chi connectivity index (χ4v) is 8.88. The summed E-state index contributed by atoms with van der Waals surface area (Å²) in [5.74, 6) is -1.04. The normalized spacial score (nSPS) is 13.0. The summed E-state index contributed by atoms with van der Waals surface area (Å²) in [6.45, 7) is 6.34. The van der Waals surface area contributed by atoms with Gasteiger partial charge in [-0.3, -0.25) is 14.4 Å². The molecule has 0 rings (SSSR count). The van der Waals surface area contributed by atoms with E-state index >= 15 is 0 Å². The van der Waals surface area contributed by atoms with E-state index in [0.29, 0.717) is 12.8 Å². The van der Waals surface area contributed by atoms with Gasteiger partial charge in [-0.2, -0.15) is 0 Å². The fraction of sp³-hybridized carbons (Fsp3) is 0.658. The van der Waals surface area contributed by atoms with Gasteiger partial charge in [-0.05, 0) is 96.3 Å². The van der Waals surface area contributed by atoms with Crippen LogP contribution in [0.2, 0.25) is 0 Å². The number of hydrogen-bond donors (Lipinski definition) is 0. The molecule has 0 aromatic heterocycles. The molecule has 6 nitrogen and oxygen atoms in total. The monoisotopic (exact) mass is 1090 g/mol. The largest absolute Gasteiger partial charge is 0.462 e. The Morgan fingerprint density at radius 2 is 0.532 bits per heavy atom. The van der Waals surface area contributed by atoms with Gasteiger partial charge in [-0.15, -0.1) is 0 Å². The van der Waals surface area contributed by atoms with E-state index in [4.69, 9.17) is 14.2 Å². The minimum Gasteiger partial charge on any atom is -0.462 e. The molecule has 6 heteroatoms. The maximum Gasteiger partial charge on any atom is 0.310 e. The molecule has 448 valence electrons. The van der Waals surface area contributed by atoms with E-state index in [9.17, 15) is 14.4 Å². The topological polar surface area (TPSA) is 78.9 Å². The lowest BCUT2D eigenvalue weighted by Crippen LogP contribution is -2.30. The van der Waals surface area contributed by atoms with E-state index in [1.165, 1.54) is 141 Å². The third-order valence-corrected chi connectivity index (χ3v) is 13.7. The van der Waals surface area contributed by atoms with E-state index in [2.05, 4.69) is 142 Å². The predicted octanol–water partition coefficient (Wildman–Crippen LogP) is 22.5. The van der Waals surface area contributed by atoms with Crippen molar-refractivity contribution in [2.75, 3.05) is 13.2 Å². The second kappa shape index (κ2) is 66.1. The molecule has 0 saturated heterocycles. The summed E-state index contributed by atoms with van der Waals surface area (Å²) in [5, 5.41) is 0. The Labute approximate surface area is 487 Å². The third kappa shape index (κ3) is 64.3. The zero-order valence-corrected chi connectivity index (χ0v) is 51.3. The molecule has 0 aromatic rings. The van der Waals surface area contributed by atoms with Crippen LogP contribution < -0.4 is 0 Å². The molecule has 0 radical (unpaired) electrons. The molecule has 0 spiro atoms. The number of hydrogen-bond acceptors (Lipinski definition) is 6. The van der Waals surface area contributed by atoms with E-state index in [-0.39, 0.29) is 31.6 Å². The highest BCUT2D eigenvalue weighted by Crippen LogP contribution is 2.16. The third-order valence-electron chi connectivity index (χ3n) is 13.7. The van der Waals surface area contributed by atoms with Crippen molar-refractivity contribution in [2.45, 2.75) is 297 Å². The second-order valence-electron chi connectivity index (χ2n) is 21.3. The van der Waals surface area contributed by atoms with Crippen LogP contribution in [0, 0.1) is 0 Å². The smallest absolute Gasteiger partial charge is 0.310 e. The number of carbonyl (C=O) groups is 3. The highest BCUT2D eigenvalue weighted by atomic mass is 16.6. The molecule has 0 saturated carbocycles. The second-order valence-corrected chi connectivity index (χ2v) is 21.3. The lowest BCUT2D eigenvalue weighted by Gasteiger charge is -2.18. The highest BCUT2D eigenvalue weighted by Gasteiger charge is 2.19. The van der Waals surface area contributed by atoms with Gasteiger partial charge in [-0.25, -0.2) is 0 Å². The molecule has 1 atom stereocenters. The Bertz CT molecular complexity index is 1680. The van der Waals surface area contributed by atoms with E-state index < -0.39 is 12.1 Å². The van der Waals surface area contributed by atoms with Gasteiger partial charge in [0.1, 0.15) is 13.2 Å². The van der Waals surface area contributed by atoms with E-state index in [1.807, 2.05) is 6.08 Å². The minimum atomic E-state index is -0.834. The average molecular weight is 1090 g/mol. The average Bonchev–Trinajstić information content (AvgIpc) is 3.45. The first-order valence-corrected chi connectivity index (χ1v) is 32.7. The Balaban J connectivity index is 4.25. The van der Waals surface area contributed by atoms with Crippen molar-refractivity contribution in [1.82, 2.24) is 0 Å². The van der Waals surface area contributed by atoms with Crippen LogP contribution in [0.4, 0.5) is 0 Å². The van der Waals surface area contributed by atoms with Gasteiger partial charge < -0.3 is 14.2 Å².